The van der Waals surface area contributed by atoms with Crippen molar-refractivity contribution in [3.63, 3.8) is 0 Å². The fourth-order valence-corrected chi connectivity index (χ4v) is 2.29. The quantitative estimate of drug-likeness (QED) is 0.743. The topological polar surface area (TPSA) is 53.6 Å². The maximum atomic E-state index is 11.8. The first kappa shape index (κ1) is 14.8. The molecule has 1 unspecified atom stereocenters. The van der Waals surface area contributed by atoms with Crippen LogP contribution < -0.4 is 15.4 Å². The molecule has 5 nitrogen and oxygen atoms in total. The molecule has 0 aromatic heterocycles. The first-order valence-electron chi connectivity index (χ1n) is 7.14. The lowest BCUT2D eigenvalue weighted by molar-refractivity contribution is -0.122. The van der Waals surface area contributed by atoms with Crippen LogP contribution in [0.4, 0.5) is 0 Å². The molecule has 20 heavy (non-hydrogen) atoms. The number of piperazine rings is 1. The van der Waals surface area contributed by atoms with Gasteiger partial charge < -0.3 is 15.4 Å². The summed E-state index contributed by atoms with van der Waals surface area (Å²) < 4.78 is 5.53. The standard InChI is InChI=1S/C15H23N3O2/c1-13-11-18(9-7-16-13)12-15(19)17-8-10-20-14-5-3-2-4-6-14/h2-6,13,16H,7-12H2,1H3,(H,17,19). The van der Waals surface area contributed by atoms with E-state index in [1.807, 2.05) is 30.3 Å². The van der Waals surface area contributed by atoms with Gasteiger partial charge in [0, 0.05) is 25.7 Å². The molecule has 0 radical (unpaired) electrons. The SMILES string of the molecule is CC1CN(CC(=O)NCCOc2ccccc2)CCN1. The first-order valence-corrected chi connectivity index (χ1v) is 7.14. The molecule has 2 N–H and O–H groups in total. The van der Waals surface area contributed by atoms with Gasteiger partial charge in [-0.05, 0) is 19.1 Å². The molecule has 1 heterocycles. The molecule has 1 aliphatic rings. The molecule has 2 rings (SSSR count). The molecule has 5 heteroatoms. The summed E-state index contributed by atoms with van der Waals surface area (Å²) in [5, 5.41) is 6.25. The summed E-state index contributed by atoms with van der Waals surface area (Å²) in [5.74, 6) is 0.897. The lowest BCUT2D eigenvalue weighted by atomic mass is 10.2. The zero-order valence-electron chi connectivity index (χ0n) is 12.0. The largest absolute Gasteiger partial charge is 0.492 e. The van der Waals surface area contributed by atoms with Gasteiger partial charge in [-0.3, -0.25) is 9.69 Å². The van der Waals surface area contributed by atoms with Crippen molar-refractivity contribution < 1.29 is 9.53 Å². The summed E-state index contributed by atoms with van der Waals surface area (Å²) >= 11 is 0. The van der Waals surface area contributed by atoms with Crippen molar-refractivity contribution in [1.29, 1.82) is 0 Å². The summed E-state index contributed by atoms with van der Waals surface area (Å²) in [6.45, 7) is 6.44. The van der Waals surface area contributed by atoms with Crippen molar-refractivity contribution >= 4 is 5.91 Å². The summed E-state index contributed by atoms with van der Waals surface area (Å²) in [6, 6.07) is 10.1. The monoisotopic (exact) mass is 277 g/mol. The predicted octanol–water partition coefficient (Wildman–Crippen LogP) is 0.475. The third-order valence-electron chi connectivity index (χ3n) is 3.26. The number of para-hydroxylation sites is 1. The van der Waals surface area contributed by atoms with Crippen LogP contribution in [-0.2, 0) is 4.79 Å². The third kappa shape index (κ3) is 5.19. The fraction of sp³-hybridized carbons (Fsp3) is 0.533. The number of benzene rings is 1. The Morgan fingerprint density at radius 3 is 3.00 bits per heavy atom. The fourth-order valence-electron chi connectivity index (χ4n) is 2.29. The molecule has 1 aromatic rings. The predicted molar refractivity (Wildman–Crippen MR) is 78.9 cm³/mol. The van der Waals surface area contributed by atoms with Crippen LogP contribution in [-0.4, -0.2) is 56.2 Å². The van der Waals surface area contributed by atoms with Crippen LogP contribution in [0.3, 0.4) is 0 Å². The Morgan fingerprint density at radius 2 is 2.25 bits per heavy atom. The average Bonchev–Trinajstić information content (AvgIpc) is 2.45. The highest BCUT2D eigenvalue weighted by molar-refractivity contribution is 5.78. The van der Waals surface area contributed by atoms with E-state index in [0.717, 1.165) is 25.4 Å². The minimum absolute atomic E-state index is 0.0655. The van der Waals surface area contributed by atoms with Gasteiger partial charge in [-0.1, -0.05) is 18.2 Å². The van der Waals surface area contributed by atoms with Gasteiger partial charge in [0.15, 0.2) is 0 Å². The van der Waals surface area contributed by atoms with E-state index >= 15 is 0 Å². The average molecular weight is 277 g/mol. The van der Waals surface area contributed by atoms with E-state index in [9.17, 15) is 4.79 Å². The number of ether oxygens (including phenoxy) is 1. The molecule has 0 spiro atoms. The molecular weight excluding hydrogens is 254 g/mol. The maximum absolute atomic E-state index is 11.8. The van der Waals surface area contributed by atoms with E-state index in [-0.39, 0.29) is 5.91 Å². The van der Waals surface area contributed by atoms with E-state index in [2.05, 4.69) is 22.5 Å². The van der Waals surface area contributed by atoms with Gasteiger partial charge in [0.25, 0.3) is 0 Å². The minimum Gasteiger partial charge on any atom is -0.492 e. The smallest absolute Gasteiger partial charge is 0.234 e. The Balaban J connectivity index is 1.58. The van der Waals surface area contributed by atoms with E-state index in [4.69, 9.17) is 4.74 Å². The van der Waals surface area contributed by atoms with Crippen LogP contribution in [0, 0.1) is 0 Å². The van der Waals surface area contributed by atoms with Gasteiger partial charge in [-0.2, -0.15) is 0 Å². The Labute approximate surface area is 120 Å². The van der Waals surface area contributed by atoms with Gasteiger partial charge in [-0.15, -0.1) is 0 Å². The van der Waals surface area contributed by atoms with Crippen LogP contribution in [0.2, 0.25) is 0 Å². The van der Waals surface area contributed by atoms with E-state index in [1.54, 1.807) is 0 Å². The molecule has 1 fully saturated rings. The molecule has 1 aromatic carbocycles. The Bertz CT molecular complexity index is 411. The molecule has 1 aliphatic heterocycles. The summed E-state index contributed by atoms with van der Waals surface area (Å²) in [7, 11) is 0. The number of amides is 1. The highest BCUT2D eigenvalue weighted by atomic mass is 16.5. The molecule has 0 saturated carbocycles. The number of hydrogen-bond acceptors (Lipinski definition) is 4. The zero-order valence-corrected chi connectivity index (χ0v) is 12.0. The van der Waals surface area contributed by atoms with Crippen LogP contribution in [0.25, 0.3) is 0 Å². The van der Waals surface area contributed by atoms with Crippen LogP contribution in [0.1, 0.15) is 6.92 Å². The van der Waals surface area contributed by atoms with Gasteiger partial charge in [0.2, 0.25) is 5.91 Å². The number of carbonyl (C=O) groups excluding carboxylic acids is 1. The lowest BCUT2D eigenvalue weighted by Gasteiger charge is -2.31. The number of rotatable bonds is 6. The van der Waals surface area contributed by atoms with Crippen molar-refractivity contribution in [2.75, 3.05) is 39.3 Å². The molecule has 1 saturated heterocycles. The molecule has 0 aliphatic carbocycles. The number of hydrogen-bond donors (Lipinski definition) is 2. The molecule has 0 bridgehead atoms. The second-order valence-electron chi connectivity index (χ2n) is 5.10. The van der Waals surface area contributed by atoms with Crippen molar-refractivity contribution in [3.05, 3.63) is 30.3 Å². The third-order valence-corrected chi connectivity index (χ3v) is 3.26. The number of nitrogens with zero attached hydrogens (tertiary/aromatic N) is 1. The maximum Gasteiger partial charge on any atom is 0.234 e. The van der Waals surface area contributed by atoms with Crippen molar-refractivity contribution in [3.8, 4) is 5.75 Å². The summed E-state index contributed by atoms with van der Waals surface area (Å²) in [6.07, 6.45) is 0. The van der Waals surface area contributed by atoms with Gasteiger partial charge in [0.1, 0.15) is 12.4 Å². The molecule has 1 amide bonds. The lowest BCUT2D eigenvalue weighted by Crippen LogP contribution is -2.52. The highest BCUT2D eigenvalue weighted by Gasteiger charge is 2.17. The second kappa shape index (κ2) is 7.87. The number of carbonyl (C=O) groups is 1. The number of nitrogens with one attached hydrogen (secondary N) is 2. The van der Waals surface area contributed by atoms with Crippen LogP contribution in [0.15, 0.2) is 30.3 Å². The highest BCUT2D eigenvalue weighted by Crippen LogP contribution is 2.07. The van der Waals surface area contributed by atoms with Gasteiger partial charge in [-0.25, -0.2) is 0 Å². The summed E-state index contributed by atoms with van der Waals surface area (Å²) in [4.78, 5) is 14.0. The normalized spacial score (nSPS) is 19.6. The van der Waals surface area contributed by atoms with Crippen LogP contribution >= 0.6 is 0 Å². The van der Waals surface area contributed by atoms with Crippen LogP contribution in [0.5, 0.6) is 5.75 Å². The Hall–Kier alpha value is -1.59. The van der Waals surface area contributed by atoms with E-state index < -0.39 is 0 Å². The van der Waals surface area contributed by atoms with E-state index in [0.29, 0.717) is 25.7 Å². The molecule has 110 valence electrons. The Kier molecular flexibility index (Phi) is 5.83. The second-order valence-corrected chi connectivity index (χ2v) is 5.10. The van der Waals surface area contributed by atoms with Gasteiger partial charge in [0.05, 0.1) is 13.1 Å². The van der Waals surface area contributed by atoms with Crippen molar-refractivity contribution in [2.45, 2.75) is 13.0 Å². The van der Waals surface area contributed by atoms with Gasteiger partial charge >= 0.3 is 0 Å². The van der Waals surface area contributed by atoms with Crippen molar-refractivity contribution in [1.82, 2.24) is 15.5 Å². The van der Waals surface area contributed by atoms with Crippen molar-refractivity contribution in [2.24, 2.45) is 0 Å². The minimum atomic E-state index is 0.0655. The molecule has 1 atom stereocenters. The van der Waals surface area contributed by atoms with E-state index in [1.165, 1.54) is 0 Å². The summed E-state index contributed by atoms with van der Waals surface area (Å²) in [5.41, 5.74) is 0. The molecular formula is C15H23N3O2. The Morgan fingerprint density at radius 1 is 1.45 bits per heavy atom. The zero-order chi connectivity index (χ0) is 14.2. The first-order chi connectivity index (χ1) is 9.74.